The Hall–Kier alpha value is -1.89. The maximum Gasteiger partial charge on any atom is 0.227 e. The van der Waals surface area contributed by atoms with Gasteiger partial charge in [0.05, 0.1) is 23.0 Å². The minimum absolute atomic E-state index is 0.0327. The van der Waals surface area contributed by atoms with Crippen molar-refractivity contribution in [3.05, 3.63) is 29.8 Å². The zero-order chi connectivity index (χ0) is 18.9. The number of nitrogens with one attached hydrogen (secondary N) is 1. The van der Waals surface area contributed by atoms with E-state index in [0.29, 0.717) is 13.0 Å². The minimum atomic E-state index is -3.09. The van der Waals surface area contributed by atoms with E-state index >= 15 is 0 Å². The van der Waals surface area contributed by atoms with Crippen molar-refractivity contribution in [2.24, 2.45) is 5.92 Å². The first kappa shape index (κ1) is 18.9. The van der Waals surface area contributed by atoms with Crippen molar-refractivity contribution < 1.29 is 18.0 Å². The van der Waals surface area contributed by atoms with Crippen LogP contribution in [0.15, 0.2) is 24.3 Å². The molecule has 2 fully saturated rings. The first-order chi connectivity index (χ1) is 12.2. The molecule has 26 heavy (non-hydrogen) atoms. The average molecular weight is 378 g/mol. The molecule has 0 aliphatic carbocycles. The number of anilines is 1. The molecule has 0 radical (unpaired) electrons. The fraction of sp³-hybridized carbons (Fsp3) is 0.579. The summed E-state index contributed by atoms with van der Waals surface area (Å²) in [6, 6.07) is 7.88. The number of sulfone groups is 1. The zero-order valence-electron chi connectivity index (χ0n) is 15.3. The fourth-order valence-corrected chi connectivity index (χ4v) is 5.87. The van der Waals surface area contributed by atoms with Crippen LogP contribution in [0.4, 0.5) is 5.69 Å². The summed E-state index contributed by atoms with van der Waals surface area (Å²) in [5.41, 5.74) is 1.31. The van der Waals surface area contributed by atoms with Gasteiger partial charge in [-0.3, -0.25) is 9.59 Å². The predicted octanol–water partition coefficient (Wildman–Crippen LogP) is 1.69. The number of carbonyl (C=O) groups is 2. The normalized spacial score (nSPS) is 27.7. The summed E-state index contributed by atoms with van der Waals surface area (Å²) >= 11 is 0. The monoisotopic (exact) mass is 378 g/mol. The zero-order valence-corrected chi connectivity index (χ0v) is 16.1. The van der Waals surface area contributed by atoms with Gasteiger partial charge in [0, 0.05) is 18.7 Å². The first-order valence-corrected chi connectivity index (χ1v) is 11.0. The Morgan fingerprint density at radius 2 is 2.00 bits per heavy atom. The van der Waals surface area contributed by atoms with Gasteiger partial charge < -0.3 is 10.2 Å². The van der Waals surface area contributed by atoms with E-state index in [1.807, 2.05) is 24.3 Å². The molecule has 0 bridgehead atoms. The predicted molar refractivity (Wildman–Crippen MR) is 101 cm³/mol. The van der Waals surface area contributed by atoms with Crippen LogP contribution in [0.3, 0.4) is 0 Å². The minimum Gasteiger partial charge on any atom is -0.350 e. The van der Waals surface area contributed by atoms with E-state index in [0.717, 1.165) is 18.5 Å². The number of carbonyl (C=O) groups excluding carboxylic acids is 2. The molecular weight excluding hydrogens is 352 g/mol. The molecule has 0 saturated carbocycles. The number of amides is 2. The van der Waals surface area contributed by atoms with E-state index in [2.05, 4.69) is 12.2 Å². The van der Waals surface area contributed by atoms with E-state index in [4.69, 9.17) is 0 Å². The second-order valence-electron chi connectivity index (χ2n) is 7.71. The lowest BCUT2D eigenvalue weighted by atomic mass is 9.99. The van der Waals surface area contributed by atoms with E-state index in [-0.39, 0.29) is 29.7 Å². The second kappa shape index (κ2) is 7.02. The third kappa shape index (κ3) is 4.09. The summed E-state index contributed by atoms with van der Waals surface area (Å²) in [5.74, 6) is -0.683. The molecule has 1 aromatic rings. The average Bonchev–Trinajstić information content (AvgIpc) is 3.08. The Kier molecular flexibility index (Phi) is 5.10. The van der Waals surface area contributed by atoms with Crippen LogP contribution in [0.1, 0.15) is 38.7 Å². The summed E-state index contributed by atoms with van der Waals surface area (Å²) in [5, 5.41) is 2.87. The molecule has 0 aromatic heterocycles. The number of hydrogen-bond donors (Lipinski definition) is 1. The number of hydrogen-bond acceptors (Lipinski definition) is 4. The molecule has 2 amide bonds. The molecule has 6 nitrogen and oxygen atoms in total. The van der Waals surface area contributed by atoms with Crippen LogP contribution in [0.25, 0.3) is 0 Å². The van der Waals surface area contributed by atoms with Crippen LogP contribution < -0.4 is 10.2 Å². The van der Waals surface area contributed by atoms with Crippen molar-refractivity contribution in [1.29, 1.82) is 0 Å². The lowest BCUT2D eigenvalue weighted by Gasteiger charge is -2.25. The number of nitrogens with zero attached hydrogens (tertiary/aromatic N) is 1. The van der Waals surface area contributed by atoms with Gasteiger partial charge in [0.15, 0.2) is 9.84 Å². The molecule has 142 valence electrons. The summed E-state index contributed by atoms with van der Waals surface area (Å²) in [6.07, 6.45) is 2.65. The number of aryl methyl sites for hydroxylation is 1. The van der Waals surface area contributed by atoms with E-state index < -0.39 is 21.3 Å². The third-order valence-electron chi connectivity index (χ3n) is 5.21. The van der Waals surface area contributed by atoms with Gasteiger partial charge in [-0.2, -0.15) is 0 Å². The van der Waals surface area contributed by atoms with Gasteiger partial charge in [-0.15, -0.1) is 0 Å². The highest BCUT2D eigenvalue weighted by atomic mass is 32.2. The quantitative estimate of drug-likeness (QED) is 0.845. The molecule has 1 aromatic carbocycles. The van der Waals surface area contributed by atoms with Crippen molar-refractivity contribution in [3.63, 3.8) is 0 Å². The van der Waals surface area contributed by atoms with Gasteiger partial charge in [-0.25, -0.2) is 8.42 Å². The molecule has 2 heterocycles. The molecule has 2 aliphatic rings. The van der Waals surface area contributed by atoms with Gasteiger partial charge >= 0.3 is 0 Å². The molecule has 0 spiro atoms. The van der Waals surface area contributed by atoms with E-state index in [9.17, 15) is 18.0 Å². The lowest BCUT2D eigenvalue weighted by molar-refractivity contribution is -0.127. The SMILES string of the molecule is CCCc1ccc(N2C[C@@H](C(=O)N[C@@]3(C)CCS(=O)(=O)C3)CC2=O)cc1. The van der Waals surface area contributed by atoms with E-state index in [1.165, 1.54) is 5.56 Å². The van der Waals surface area contributed by atoms with Crippen molar-refractivity contribution in [2.75, 3.05) is 23.0 Å². The van der Waals surface area contributed by atoms with Crippen LogP contribution in [0.5, 0.6) is 0 Å². The van der Waals surface area contributed by atoms with Crippen molar-refractivity contribution in [3.8, 4) is 0 Å². The van der Waals surface area contributed by atoms with Crippen molar-refractivity contribution >= 4 is 27.3 Å². The maximum absolute atomic E-state index is 12.6. The Morgan fingerprint density at radius 1 is 1.31 bits per heavy atom. The fourth-order valence-electron chi connectivity index (χ4n) is 3.77. The highest BCUT2D eigenvalue weighted by Gasteiger charge is 2.42. The lowest BCUT2D eigenvalue weighted by Crippen LogP contribution is -2.49. The summed E-state index contributed by atoms with van der Waals surface area (Å²) in [6.45, 7) is 4.22. The standard InChI is InChI=1S/C19H26N2O4S/c1-3-4-14-5-7-16(8-6-14)21-12-15(11-17(21)22)18(23)20-19(2)9-10-26(24,25)13-19/h5-8,15H,3-4,9-13H2,1-2H3,(H,20,23)/t15-,19-/m0/s1. The van der Waals surface area contributed by atoms with Crippen LogP contribution in [0.2, 0.25) is 0 Å². The van der Waals surface area contributed by atoms with Crippen LogP contribution in [-0.2, 0) is 25.8 Å². The van der Waals surface area contributed by atoms with Crippen molar-refractivity contribution in [2.45, 2.75) is 45.1 Å². The molecule has 7 heteroatoms. The molecule has 1 N–H and O–H groups in total. The number of rotatable bonds is 5. The summed E-state index contributed by atoms with van der Waals surface area (Å²) in [7, 11) is -3.09. The van der Waals surface area contributed by atoms with E-state index in [1.54, 1.807) is 11.8 Å². The summed E-state index contributed by atoms with van der Waals surface area (Å²) < 4.78 is 23.4. The topological polar surface area (TPSA) is 83.6 Å². The van der Waals surface area contributed by atoms with Crippen LogP contribution in [0, 0.1) is 5.92 Å². The highest BCUT2D eigenvalue weighted by molar-refractivity contribution is 7.91. The molecule has 2 atom stereocenters. The van der Waals surface area contributed by atoms with Gasteiger partial charge in [0.25, 0.3) is 0 Å². The van der Waals surface area contributed by atoms with Gasteiger partial charge in [0.1, 0.15) is 0 Å². The molecule has 0 unspecified atom stereocenters. The Balaban J connectivity index is 1.64. The molecule has 2 aliphatic heterocycles. The van der Waals surface area contributed by atoms with Gasteiger partial charge in [0.2, 0.25) is 11.8 Å². The molecule has 3 rings (SSSR count). The van der Waals surface area contributed by atoms with Crippen molar-refractivity contribution in [1.82, 2.24) is 5.32 Å². The maximum atomic E-state index is 12.6. The van der Waals surface area contributed by atoms with Gasteiger partial charge in [-0.1, -0.05) is 25.5 Å². The molecule has 2 saturated heterocycles. The third-order valence-corrected chi connectivity index (χ3v) is 7.11. The Bertz CT molecular complexity index is 803. The van der Waals surface area contributed by atoms with Gasteiger partial charge in [-0.05, 0) is 37.5 Å². The summed E-state index contributed by atoms with van der Waals surface area (Å²) in [4.78, 5) is 26.6. The first-order valence-electron chi connectivity index (χ1n) is 9.13. The smallest absolute Gasteiger partial charge is 0.227 e. The van der Waals surface area contributed by atoms with Crippen LogP contribution >= 0.6 is 0 Å². The highest BCUT2D eigenvalue weighted by Crippen LogP contribution is 2.28. The second-order valence-corrected chi connectivity index (χ2v) is 9.90. The molecular formula is C19H26N2O4S. The Morgan fingerprint density at radius 3 is 2.58 bits per heavy atom. The largest absolute Gasteiger partial charge is 0.350 e. The van der Waals surface area contributed by atoms with Crippen LogP contribution in [-0.4, -0.2) is 43.8 Å². The number of benzene rings is 1. The Labute approximate surface area is 154 Å².